The summed E-state index contributed by atoms with van der Waals surface area (Å²) in [6, 6.07) is 0. The monoisotopic (exact) mass is 174 g/mol. The summed E-state index contributed by atoms with van der Waals surface area (Å²) in [6.45, 7) is 6.97. The van der Waals surface area contributed by atoms with E-state index in [0.717, 1.165) is 5.57 Å². The molecule has 0 bridgehead atoms. The number of hydrogen-bond donors (Lipinski definition) is 1. The van der Waals surface area contributed by atoms with Crippen molar-refractivity contribution in [3.05, 3.63) is 11.6 Å². The lowest BCUT2D eigenvalue weighted by atomic mass is 10.3. The van der Waals surface area contributed by atoms with Crippen LogP contribution in [0.25, 0.3) is 0 Å². The molecular formula is C9H18O3. The van der Waals surface area contributed by atoms with E-state index in [2.05, 4.69) is 0 Å². The fourth-order valence-corrected chi connectivity index (χ4v) is 0.854. The summed E-state index contributed by atoms with van der Waals surface area (Å²) in [4.78, 5) is 0. The van der Waals surface area contributed by atoms with E-state index in [-0.39, 0.29) is 12.9 Å². The second-order valence-corrected chi connectivity index (χ2v) is 2.37. The van der Waals surface area contributed by atoms with Crippen LogP contribution in [0.1, 0.15) is 20.8 Å². The van der Waals surface area contributed by atoms with Crippen molar-refractivity contribution < 1.29 is 14.6 Å². The van der Waals surface area contributed by atoms with Crippen LogP contribution >= 0.6 is 0 Å². The molecule has 0 aromatic carbocycles. The van der Waals surface area contributed by atoms with Crippen LogP contribution in [0.5, 0.6) is 0 Å². The Bertz CT molecular complexity index is 126. The molecule has 12 heavy (non-hydrogen) atoms. The summed E-state index contributed by atoms with van der Waals surface area (Å²) >= 11 is 0. The van der Waals surface area contributed by atoms with Crippen molar-refractivity contribution in [2.24, 2.45) is 0 Å². The zero-order chi connectivity index (χ0) is 9.40. The maximum Gasteiger partial charge on any atom is 0.179 e. The highest BCUT2D eigenvalue weighted by molar-refractivity contribution is 5.01. The molecule has 0 amide bonds. The number of hydrogen-bond acceptors (Lipinski definition) is 3. The molecule has 0 aliphatic carbocycles. The smallest absolute Gasteiger partial charge is 0.179 e. The average molecular weight is 174 g/mol. The van der Waals surface area contributed by atoms with Crippen molar-refractivity contribution >= 4 is 0 Å². The van der Waals surface area contributed by atoms with Crippen molar-refractivity contribution in [1.29, 1.82) is 0 Å². The standard InChI is InChI=1S/C9H18O3/c1-4-11-9(12-5-2)8(3)6-7-10/h6,9-10H,4-5,7H2,1-3H3/b8-6+. The summed E-state index contributed by atoms with van der Waals surface area (Å²) in [7, 11) is 0. The molecule has 0 spiro atoms. The molecule has 0 aliphatic rings. The van der Waals surface area contributed by atoms with Gasteiger partial charge in [-0.25, -0.2) is 0 Å². The molecule has 0 aliphatic heterocycles. The van der Waals surface area contributed by atoms with E-state index >= 15 is 0 Å². The lowest BCUT2D eigenvalue weighted by Gasteiger charge is -2.17. The van der Waals surface area contributed by atoms with Crippen molar-refractivity contribution in [3.63, 3.8) is 0 Å². The molecule has 0 aromatic heterocycles. The molecule has 0 aromatic rings. The van der Waals surface area contributed by atoms with E-state index in [0.29, 0.717) is 13.2 Å². The van der Waals surface area contributed by atoms with Gasteiger partial charge in [0.1, 0.15) is 0 Å². The summed E-state index contributed by atoms with van der Waals surface area (Å²) in [6.07, 6.45) is 1.39. The molecule has 0 fully saturated rings. The Hall–Kier alpha value is -0.380. The zero-order valence-corrected chi connectivity index (χ0v) is 8.04. The highest BCUT2D eigenvalue weighted by atomic mass is 16.7. The lowest BCUT2D eigenvalue weighted by molar-refractivity contribution is -0.111. The molecule has 0 heterocycles. The molecule has 3 heteroatoms. The quantitative estimate of drug-likeness (QED) is 0.487. The molecule has 72 valence electrons. The normalized spacial score (nSPS) is 12.6. The molecule has 0 unspecified atom stereocenters. The molecule has 0 atom stereocenters. The van der Waals surface area contributed by atoms with E-state index in [1.165, 1.54) is 0 Å². The predicted octanol–water partition coefficient (Wildman–Crippen LogP) is 1.32. The predicted molar refractivity (Wildman–Crippen MR) is 47.9 cm³/mol. The molecule has 1 N–H and O–H groups in total. The Labute approximate surface area is 74.0 Å². The van der Waals surface area contributed by atoms with Crippen molar-refractivity contribution in [2.75, 3.05) is 19.8 Å². The van der Waals surface area contributed by atoms with Gasteiger partial charge in [-0.05, 0) is 26.3 Å². The zero-order valence-electron chi connectivity index (χ0n) is 8.04. The van der Waals surface area contributed by atoms with Crippen LogP contribution in [-0.2, 0) is 9.47 Å². The third kappa shape index (κ3) is 4.49. The van der Waals surface area contributed by atoms with Crippen LogP contribution in [0.4, 0.5) is 0 Å². The van der Waals surface area contributed by atoms with E-state index in [9.17, 15) is 0 Å². The van der Waals surface area contributed by atoms with Gasteiger partial charge in [-0.3, -0.25) is 0 Å². The lowest BCUT2D eigenvalue weighted by Crippen LogP contribution is -2.18. The average Bonchev–Trinajstić information content (AvgIpc) is 2.04. The van der Waals surface area contributed by atoms with Gasteiger partial charge in [-0.15, -0.1) is 0 Å². The number of aliphatic hydroxyl groups is 1. The van der Waals surface area contributed by atoms with Gasteiger partial charge in [0.25, 0.3) is 0 Å². The Balaban J connectivity index is 3.98. The van der Waals surface area contributed by atoms with Gasteiger partial charge in [-0.2, -0.15) is 0 Å². The number of aliphatic hydroxyl groups excluding tert-OH is 1. The van der Waals surface area contributed by atoms with Crippen LogP contribution in [0.2, 0.25) is 0 Å². The minimum Gasteiger partial charge on any atom is -0.392 e. The highest BCUT2D eigenvalue weighted by Crippen LogP contribution is 2.07. The van der Waals surface area contributed by atoms with Gasteiger partial charge < -0.3 is 14.6 Å². The SMILES string of the molecule is CCOC(OCC)/C(C)=C/CO. The summed E-state index contributed by atoms with van der Waals surface area (Å²) in [5.41, 5.74) is 0.918. The first-order valence-corrected chi connectivity index (χ1v) is 4.26. The van der Waals surface area contributed by atoms with E-state index < -0.39 is 0 Å². The fraction of sp³-hybridized carbons (Fsp3) is 0.778. The molecule has 0 saturated heterocycles. The van der Waals surface area contributed by atoms with E-state index in [1.807, 2.05) is 20.8 Å². The van der Waals surface area contributed by atoms with Crippen LogP contribution in [0.15, 0.2) is 11.6 Å². The summed E-state index contributed by atoms with van der Waals surface area (Å²) < 4.78 is 10.6. The largest absolute Gasteiger partial charge is 0.392 e. The number of ether oxygens (including phenoxy) is 2. The minimum atomic E-state index is -0.299. The molecular weight excluding hydrogens is 156 g/mol. The fourth-order valence-electron chi connectivity index (χ4n) is 0.854. The number of rotatable bonds is 6. The maximum absolute atomic E-state index is 8.63. The first kappa shape index (κ1) is 11.6. The van der Waals surface area contributed by atoms with Crippen LogP contribution in [0, 0.1) is 0 Å². The summed E-state index contributed by atoms with van der Waals surface area (Å²) in [5.74, 6) is 0. The first-order valence-electron chi connectivity index (χ1n) is 4.26. The Morgan fingerprint density at radius 3 is 2.17 bits per heavy atom. The van der Waals surface area contributed by atoms with Crippen molar-refractivity contribution in [1.82, 2.24) is 0 Å². The summed E-state index contributed by atoms with van der Waals surface area (Å²) in [5, 5.41) is 8.63. The van der Waals surface area contributed by atoms with E-state index in [1.54, 1.807) is 6.08 Å². The topological polar surface area (TPSA) is 38.7 Å². The minimum absolute atomic E-state index is 0.0302. The maximum atomic E-state index is 8.63. The van der Waals surface area contributed by atoms with E-state index in [4.69, 9.17) is 14.6 Å². The Kier molecular flexibility index (Phi) is 7.05. The molecule has 0 rings (SSSR count). The van der Waals surface area contributed by atoms with Crippen LogP contribution in [0.3, 0.4) is 0 Å². The van der Waals surface area contributed by atoms with Gasteiger partial charge in [0.15, 0.2) is 6.29 Å². The first-order chi connectivity index (χ1) is 5.76. The van der Waals surface area contributed by atoms with Gasteiger partial charge in [0.2, 0.25) is 0 Å². The third-order valence-electron chi connectivity index (χ3n) is 1.42. The second kappa shape index (κ2) is 7.28. The Morgan fingerprint density at radius 2 is 1.83 bits per heavy atom. The van der Waals surface area contributed by atoms with Gasteiger partial charge in [0, 0.05) is 13.2 Å². The molecule has 0 radical (unpaired) electrons. The highest BCUT2D eigenvalue weighted by Gasteiger charge is 2.08. The van der Waals surface area contributed by atoms with Crippen molar-refractivity contribution in [3.8, 4) is 0 Å². The van der Waals surface area contributed by atoms with Crippen molar-refractivity contribution in [2.45, 2.75) is 27.1 Å². The Morgan fingerprint density at radius 1 is 1.33 bits per heavy atom. The van der Waals surface area contributed by atoms with Gasteiger partial charge >= 0.3 is 0 Å². The van der Waals surface area contributed by atoms with Gasteiger partial charge in [-0.1, -0.05) is 6.08 Å². The molecule has 3 nitrogen and oxygen atoms in total. The van der Waals surface area contributed by atoms with Gasteiger partial charge in [0.05, 0.1) is 6.61 Å². The van der Waals surface area contributed by atoms with Crippen LogP contribution in [-0.4, -0.2) is 31.2 Å². The molecule has 0 saturated carbocycles. The van der Waals surface area contributed by atoms with Crippen LogP contribution < -0.4 is 0 Å². The third-order valence-corrected chi connectivity index (χ3v) is 1.42. The second-order valence-electron chi connectivity index (χ2n) is 2.37.